The van der Waals surface area contributed by atoms with Crippen LogP contribution in [0.25, 0.3) is 86.9 Å². The van der Waals surface area contributed by atoms with Gasteiger partial charge in [-0.1, -0.05) is 127 Å². The molecule has 0 aromatic heterocycles. The number of allylic oxidation sites excluding steroid dienone is 1. The summed E-state index contributed by atoms with van der Waals surface area (Å²) in [5.74, 6) is 0. The van der Waals surface area contributed by atoms with Crippen LogP contribution < -0.4 is 0 Å². The zero-order valence-corrected chi connectivity index (χ0v) is 23.3. The fourth-order valence-electron chi connectivity index (χ4n) is 7.39. The van der Waals surface area contributed by atoms with Gasteiger partial charge in [0, 0.05) is 0 Å². The highest BCUT2D eigenvalue weighted by Crippen LogP contribution is 2.43. The molecule has 0 radical (unpaired) electrons. The standard InChI is InChI=1S/C42H28/c1-2-3-6-26-23-33(35-19-15-31-13-11-27-7-4-9-29-17-21-37(35)41(31)39(27)29)25-34(24-26)36-20-16-32-14-12-28-8-5-10-30-18-22-38(36)42(32)40(28)30/h2,4-5,7-25H,1,3,6H2. The van der Waals surface area contributed by atoms with Crippen molar-refractivity contribution in [3.05, 3.63) is 146 Å². The Morgan fingerprint density at radius 2 is 0.833 bits per heavy atom. The van der Waals surface area contributed by atoms with Crippen molar-refractivity contribution in [1.29, 1.82) is 0 Å². The number of benzene rings is 9. The minimum atomic E-state index is 0.958. The van der Waals surface area contributed by atoms with Gasteiger partial charge in [-0.05, 0) is 111 Å². The Morgan fingerprint density at radius 3 is 1.29 bits per heavy atom. The highest BCUT2D eigenvalue weighted by Gasteiger charge is 2.16. The quantitative estimate of drug-likeness (QED) is 0.153. The molecule has 0 aliphatic heterocycles. The summed E-state index contributed by atoms with van der Waals surface area (Å²) in [7, 11) is 0. The molecule has 9 rings (SSSR count). The predicted octanol–water partition coefficient (Wildman–Crippen LogP) is 11.9. The van der Waals surface area contributed by atoms with Crippen LogP contribution >= 0.6 is 0 Å². The van der Waals surface area contributed by atoms with E-state index in [4.69, 9.17) is 0 Å². The van der Waals surface area contributed by atoms with E-state index < -0.39 is 0 Å². The van der Waals surface area contributed by atoms with Gasteiger partial charge in [-0.25, -0.2) is 0 Å². The number of hydrogen-bond acceptors (Lipinski definition) is 0. The van der Waals surface area contributed by atoms with E-state index in [2.05, 4.69) is 134 Å². The van der Waals surface area contributed by atoms with Crippen molar-refractivity contribution in [2.24, 2.45) is 0 Å². The molecule has 0 aliphatic rings. The van der Waals surface area contributed by atoms with E-state index in [-0.39, 0.29) is 0 Å². The largest absolute Gasteiger partial charge is 0.103 e. The van der Waals surface area contributed by atoms with Gasteiger partial charge in [-0.2, -0.15) is 0 Å². The number of rotatable bonds is 5. The van der Waals surface area contributed by atoms with Crippen molar-refractivity contribution in [2.75, 3.05) is 0 Å². The summed E-state index contributed by atoms with van der Waals surface area (Å²) in [6, 6.07) is 48.0. The predicted molar refractivity (Wildman–Crippen MR) is 183 cm³/mol. The second kappa shape index (κ2) is 8.90. The third-order valence-corrected chi connectivity index (χ3v) is 9.31. The second-order valence-electron chi connectivity index (χ2n) is 11.7. The van der Waals surface area contributed by atoms with Gasteiger partial charge < -0.3 is 0 Å². The lowest BCUT2D eigenvalue weighted by molar-refractivity contribution is 1.01. The molecule has 0 saturated heterocycles. The zero-order valence-electron chi connectivity index (χ0n) is 23.3. The maximum absolute atomic E-state index is 4.01. The molecule has 0 N–H and O–H groups in total. The second-order valence-corrected chi connectivity index (χ2v) is 11.7. The molecule has 9 aromatic carbocycles. The molecule has 196 valence electrons. The van der Waals surface area contributed by atoms with Crippen molar-refractivity contribution in [2.45, 2.75) is 12.8 Å². The van der Waals surface area contributed by atoms with Gasteiger partial charge in [0.2, 0.25) is 0 Å². The first-order valence-electron chi connectivity index (χ1n) is 14.9. The van der Waals surface area contributed by atoms with Crippen LogP contribution in [0.5, 0.6) is 0 Å². The minimum Gasteiger partial charge on any atom is -0.103 e. The van der Waals surface area contributed by atoms with Crippen LogP contribution in [0, 0.1) is 0 Å². The molecule has 9 aromatic rings. The Bertz CT molecular complexity index is 2280. The smallest absolute Gasteiger partial charge is 0.00206 e. The Kier molecular flexibility index (Phi) is 4.98. The van der Waals surface area contributed by atoms with Gasteiger partial charge >= 0.3 is 0 Å². The highest BCUT2D eigenvalue weighted by atomic mass is 14.2. The van der Waals surface area contributed by atoms with Gasteiger partial charge in [0.1, 0.15) is 0 Å². The third kappa shape index (κ3) is 3.36. The van der Waals surface area contributed by atoms with E-state index in [0.717, 1.165) is 12.8 Å². The third-order valence-electron chi connectivity index (χ3n) is 9.31. The molecule has 0 saturated carbocycles. The Morgan fingerprint density at radius 1 is 0.429 bits per heavy atom. The Labute approximate surface area is 244 Å². The van der Waals surface area contributed by atoms with E-state index in [9.17, 15) is 0 Å². The van der Waals surface area contributed by atoms with Crippen LogP contribution in [0.4, 0.5) is 0 Å². The molecule has 0 atom stereocenters. The van der Waals surface area contributed by atoms with Crippen molar-refractivity contribution in [3.63, 3.8) is 0 Å². The van der Waals surface area contributed by atoms with Gasteiger partial charge in [0.05, 0.1) is 0 Å². The molecular formula is C42H28. The van der Waals surface area contributed by atoms with Crippen LogP contribution in [0.3, 0.4) is 0 Å². The maximum atomic E-state index is 4.01. The van der Waals surface area contributed by atoms with Crippen LogP contribution in [-0.4, -0.2) is 0 Å². The molecule has 0 bridgehead atoms. The minimum absolute atomic E-state index is 0.958. The first-order valence-corrected chi connectivity index (χ1v) is 14.9. The molecule has 42 heavy (non-hydrogen) atoms. The van der Waals surface area contributed by atoms with Gasteiger partial charge in [-0.15, -0.1) is 6.58 Å². The molecule has 0 fully saturated rings. The van der Waals surface area contributed by atoms with E-state index in [1.165, 1.54) is 92.5 Å². The SMILES string of the molecule is C=CCCc1cc(-c2ccc3ccc4cccc5ccc2c3c45)cc(-c2ccc3ccc4cccc5ccc2c3c45)c1. The van der Waals surface area contributed by atoms with E-state index in [1.54, 1.807) is 0 Å². The lowest BCUT2D eigenvalue weighted by atomic mass is 9.86. The van der Waals surface area contributed by atoms with E-state index >= 15 is 0 Å². The van der Waals surface area contributed by atoms with Crippen LogP contribution in [0.15, 0.2) is 140 Å². The van der Waals surface area contributed by atoms with Crippen molar-refractivity contribution < 1.29 is 0 Å². The fraction of sp³-hybridized carbons (Fsp3) is 0.0476. The topological polar surface area (TPSA) is 0 Å². The summed E-state index contributed by atoms with van der Waals surface area (Å²) in [5.41, 5.74) is 6.48. The first-order chi connectivity index (χ1) is 20.8. The molecule has 0 spiro atoms. The number of aryl methyl sites for hydroxylation is 1. The fourth-order valence-corrected chi connectivity index (χ4v) is 7.39. The average Bonchev–Trinajstić information content (AvgIpc) is 3.05. The first kappa shape index (κ1) is 23.5. The Balaban J connectivity index is 1.33. The lowest BCUT2D eigenvalue weighted by Gasteiger charge is -2.17. The van der Waals surface area contributed by atoms with Gasteiger partial charge in [0.25, 0.3) is 0 Å². The molecule has 0 nitrogen and oxygen atoms in total. The maximum Gasteiger partial charge on any atom is -0.00206 e. The van der Waals surface area contributed by atoms with Crippen LogP contribution in [-0.2, 0) is 6.42 Å². The molecule has 0 amide bonds. The zero-order chi connectivity index (χ0) is 27.8. The van der Waals surface area contributed by atoms with Crippen LogP contribution in [0.2, 0.25) is 0 Å². The molecule has 0 unspecified atom stereocenters. The highest BCUT2D eigenvalue weighted by molar-refractivity contribution is 6.27. The van der Waals surface area contributed by atoms with Crippen molar-refractivity contribution >= 4 is 64.6 Å². The number of hydrogen-bond donors (Lipinski definition) is 0. The normalized spacial score (nSPS) is 12.1. The Hall–Kier alpha value is -5.20. The van der Waals surface area contributed by atoms with Gasteiger partial charge in [0.15, 0.2) is 0 Å². The summed E-state index contributed by atoms with van der Waals surface area (Å²) in [6.45, 7) is 4.01. The summed E-state index contributed by atoms with van der Waals surface area (Å²) >= 11 is 0. The monoisotopic (exact) mass is 532 g/mol. The molecule has 0 aliphatic carbocycles. The van der Waals surface area contributed by atoms with Gasteiger partial charge in [-0.3, -0.25) is 0 Å². The van der Waals surface area contributed by atoms with E-state index in [0.29, 0.717) is 0 Å². The van der Waals surface area contributed by atoms with Crippen molar-refractivity contribution in [1.82, 2.24) is 0 Å². The molecule has 0 heteroatoms. The van der Waals surface area contributed by atoms with Crippen LogP contribution in [0.1, 0.15) is 12.0 Å². The lowest BCUT2D eigenvalue weighted by Crippen LogP contribution is -1.92. The summed E-state index contributed by atoms with van der Waals surface area (Å²) < 4.78 is 0. The van der Waals surface area contributed by atoms with Crippen molar-refractivity contribution in [3.8, 4) is 22.3 Å². The van der Waals surface area contributed by atoms with E-state index in [1.807, 2.05) is 6.08 Å². The summed E-state index contributed by atoms with van der Waals surface area (Å²) in [4.78, 5) is 0. The molecule has 0 heterocycles. The molecular weight excluding hydrogens is 504 g/mol. The summed E-state index contributed by atoms with van der Waals surface area (Å²) in [6.07, 6.45) is 3.96. The average molecular weight is 533 g/mol. The summed E-state index contributed by atoms with van der Waals surface area (Å²) in [5, 5.41) is 15.9.